The average molecular weight is 360 g/mol. The number of fused-ring (bicyclic) bond motifs is 1. The van der Waals surface area contributed by atoms with Gasteiger partial charge in [0.05, 0.1) is 10.2 Å². The predicted octanol–water partition coefficient (Wildman–Crippen LogP) is 1.87. The van der Waals surface area contributed by atoms with Gasteiger partial charge in [-0.1, -0.05) is 11.3 Å². The van der Waals surface area contributed by atoms with E-state index >= 15 is 0 Å². The minimum Gasteiger partial charge on any atom is -0.494 e. The van der Waals surface area contributed by atoms with E-state index in [0.29, 0.717) is 13.2 Å². The summed E-state index contributed by atoms with van der Waals surface area (Å²) in [6, 6.07) is 5.75. The Morgan fingerprint density at radius 3 is 2.84 bits per heavy atom. The maximum atomic E-state index is 12.2. The van der Waals surface area contributed by atoms with Crippen LogP contribution >= 0.6 is 11.3 Å². The number of carbonyl (C=O) groups is 1. The highest BCUT2D eigenvalue weighted by Crippen LogP contribution is 2.31. The molecule has 0 atom stereocenters. The zero-order chi connectivity index (χ0) is 17.2. The van der Waals surface area contributed by atoms with Crippen molar-refractivity contribution in [2.24, 2.45) is 0 Å². The van der Waals surface area contributed by atoms with E-state index in [-0.39, 0.29) is 11.7 Å². The number of aromatic nitrogens is 1. The number of piperazine rings is 1. The van der Waals surface area contributed by atoms with Crippen LogP contribution < -0.4 is 10.2 Å². The van der Waals surface area contributed by atoms with Gasteiger partial charge in [-0.3, -0.25) is 4.79 Å². The molecular weight excluding hydrogens is 340 g/mol. The fourth-order valence-corrected chi connectivity index (χ4v) is 3.86. The first-order chi connectivity index (χ1) is 12.2. The second-order valence-electron chi connectivity index (χ2n) is 6.12. The Balaban J connectivity index is 1.50. The minimum atomic E-state index is -0.303. The van der Waals surface area contributed by atoms with Crippen molar-refractivity contribution in [2.45, 2.75) is 0 Å². The van der Waals surface area contributed by atoms with E-state index in [1.165, 1.54) is 6.26 Å². The predicted molar refractivity (Wildman–Crippen MR) is 97.9 cm³/mol. The molecule has 1 saturated heterocycles. The number of benzene rings is 1. The van der Waals surface area contributed by atoms with Crippen LogP contribution in [0.1, 0.15) is 0 Å². The van der Waals surface area contributed by atoms with Crippen molar-refractivity contribution in [3.63, 3.8) is 0 Å². The van der Waals surface area contributed by atoms with Gasteiger partial charge >= 0.3 is 0 Å². The lowest BCUT2D eigenvalue weighted by molar-refractivity contribution is -0.117. The van der Waals surface area contributed by atoms with Gasteiger partial charge in [-0.25, -0.2) is 4.98 Å². The number of ether oxygens (including phenoxy) is 2. The molecule has 0 bridgehead atoms. The summed E-state index contributed by atoms with van der Waals surface area (Å²) in [4.78, 5) is 21.5. The van der Waals surface area contributed by atoms with Crippen LogP contribution in [0.25, 0.3) is 10.2 Å². The molecule has 1 N–H and O–H groups in total. The van der Waals surface area contributed by atoms with Crippen molar-refractivity contribution in [3.8, 4) is 0 Å². The van der Waals surface area contributed by atoms with Gasteiger partial charge in [0.1, 0.15) is 19.5 Å². The number of nitrogens with zero attached hydrogens (tertiary/aromatic N) is 3. The van der Waals surface area contributed by atoms with Gasteiger partial charge in [0, 0.05) is 31.9 Å². The first-order valence-corrected chi connectivity index (χ1v) is 9.11. The number of amides is 1. The fraction of sp³-hybridized carbons (Fsp3) is 0.412. The van der Waals surface area contributed by atoms with E-state index in [4.69, 9.17) is 14.5 Å². The van der Waals surface area contributed by atoms with E-state index in [1.54, 1.807) is 11.3 Å². The molecule has 8 heteroatoms. The van der Waals surface area contributed by atoms with Crippen molar-refractivity contribution >= 4 is 38.3 Å². The molecule has 3 heterocycles. The van der Waals surface area contributed by atoms with Crippen LogP contribution in [-0.4, -0.2) is 62.2 Å². The second-order valence-corrected chi connectivity index (χ2v) is 7.13. The first-order valence-electron chi connectivity index (χ1n) is 8.29. The number of hydrogen-bond donors (Lipinski definition) is 1. The number of likely N-dealkylation sites (N-methyl/N-ethyl adjacent to an activating group) is 1. The monoisotopic (exact) mass is 360 g/mol. The summed E-state index contributed by atoms with van der Waals surface area (Å²) >= 11 is 1.66. The maximum Gasteiger partial charge on any atom is 0.294 e. The number of hydrogen-bond acceptors (Lipinski definition) is 7. The molecule has 0 saturated carbocycles. The Morgan fingerprint density at radius 2 is 2.08 bits per heavy atom. The molecule has 0 spiro atoms. The van der Waals surface area contributed by atoms with Gasteiger partial charge in [0.25, 0.3) is 5.91 Å². The lowest BCUT2D eigenvalue weighted by Gasteiger charge is -2.31. The molecule has 7 nitrogen and oxygen atoms in total. The highest BCUT2D eigenvalue weighted by atomic mass is 32.1. The van der Waals surface area contributed by atoms with Crippen molar-refractivity contribution in [1.82, 2.24) is 9.88 Å². The third-order valence-electron chi connectivity index (χ3n) is 4.28. The minimum absolute atomic E-state index is 0.203. The maximum absolute atomic E-state index is 12.2. The highest BCUT2D eigenvalue weighted by molar-refractivity contribution is 7.22. The lowest BCUT2D eigenvalue weighted by atomic mass is 10.3. The SMILES string of the molecule is CN1CCN(c2nc3ccc(NC(=O)C4=COCCO4)cc3s2)CC1. The van der Waals surface area contributed by atoms with Crippen molar-refractivity contribution in [3.05, 3.63) is 30.2 Å². The molecule has 4 rings (SSSR count). The summed E-state index contributed by atoms with van der Waals surface area (Å²) in [6.07, 6.45) is 1.36. The molecule has 1 aromatic heterocycles. The quantitative estimate of drug-likeness (QED) is 0.901. The summed E-state index contributed by atoms with van der Waals surface area (Å²) in [7, 11) is 2.14. The summed E-state index contributed by atoms with van der Waals surface area (Å²) in [5.74, 6) is -0.100. The van der Waals surface area contributed by atoms with Gasteiger partial charge in [-0.2, -0.15) is 0 Å². The van der Waals surface area contributed by atoms with Crippen LogP contribution in [0.3, 0.4) is 0 Å². The topological polar surface area (TPSA) is 66.9 Å². The van der Waals surface area contributed by atoms with E-state index in [9.17, 15) is 4.79 Å². The highest BCUT2D eigenvalue weighted by Gasteiger charge is 2.19. The summed E-state index contributed by atoms with van der Waals surface area (Å²) in [5.41, 5.74) is 1.68. The Morgan fingerprint density at radius 1 is 1.24 bits per heavy atom. The average Bonchev–Trinajstić information content (AvgIpc) is 3.06. The summed E-state index contributed by atoms with van der Waals surface area (Å²) in [6.45, 7) is 4.94. The largest absolute Gasteiger partial charge is 0.494 e. The zero-order valence-corrected chi connectivity index (χ0v) is 14.8. The summed E-state index contributed by atoms with van der Waals surface area (Å²) < 4.78 is 11.5. The molecule has 1 fully saturated rings. The lowest BCUT2D eigenvalue weighted by Crippen LogP contribution is -2.44. The molecule has 2 aromatic rings. The fourth-order valence-electron chi connectivity index (χ4n) is 2.80. The first kappa shape index (κ1) is 16.2. The van der Waals surface area contributed by atoms with Crippen LogP contribution in [0.5, 0.6) is 0 Å². The number of rotatable bonds is 3. The van der Waals surface area contributed by atoms with Crippen molar-refractivity contribution in [1.29, 1.82) is 0 Å². The molecule has 2 aliphatic heterocycles. The Hall–Kier alpha value is -2.32. The molecule has 1 amide bonds. The van der Waals surface area contributed by atoms with Gasteiger partial charge in [-0.15, -0.1) is 0 Å². The molecule has 25 heavy (non-hydrogen) atoms. The molecule has 0 unspecified atom stereocenters. The van der Waals surface area contributed by atoms with Crippen LogP contribution in [0.2, 0.25) is 0 Å². The van der Waals surface area contributed by atoms with E-state index in [1.807, 2.05) is 18.2 Å². The number of thiazole rings is 1. The van der Waals surface area contributed by atoms with Crippen LogP contribution in [-0.2, 0) is 14.3 Å². The normalized spacial score (nSPS) is 18.4. The van der Waals surface area contributed by atoms with Crippen LogP contribution in [0.15, 0.2) is 30.2 Å². The number of anilines is 2. The Bertz CT molecular complexity index is 811. The number of nitrogens with one attached hydrogen (secondary N) is 1. The second kappa shape index (κ2) is 6.89. The molecule has 0 radical (unpaired) electrons. The Kier molecular flexibility index (Phi) is 4.46. The molecular formula is C17H20N4O3S. The summed E-state index contributed by atoms with van der Waals surface area (Å²) in [5, 5.41) is 3.88. The smallest absolute Gasteiger partial charge is 0.294 e. The van der Waals surface area contributed by atoms with Crippen molar-refractivity contribution in [2.75, 3.05) is 56.7 Å². The molecule has 0 aliphatic carbocycles. The van der Waals surface area contributed by atoms with Gasteiger partial charge in [0.15, 0.2) is 5.13 Å². The third kappa shape index (κ3) is 3.54. The van der Waals surface area contributed by atoms with Crippen molar-refractivity contribution < 1.29 is 14.3 Å². The molecule has 132 valence electrons. The Labute approximate surface area is 149 Å². The van der Waals surface area contributed by atoms with Crippen LogP contribution in [0, 0.1) is 0 Å². The van der Waals surface area contributed by atoms with Crippen LogP contribution in [0.4, 0.5) is 10.8 Å². The van der Waals surface area contributed by atoms with E-state index < -0.39 is 0 Å². The van der Waals surface area contributed by atoms with E-state index in [2.05, 4.69) is 22.2 Å². The number of carbonyl (C=O) groups excluding carboxylic acids is 1. The molecule has 2 aliphatic rings. The van der Waals surface area contributed by atoms with E-state index in [0.717, 1.165) is 47.2 Å². The van der Waals surface area contributed by atoms with Gasteiger partial charge in [-0.05, 0) is 25.2 Å². The van der Waals surface area contributed by atoms with Gasteiger partial charge < -0.3 is 24.6 Å². The zero-order valence-electron chi connectivity index (χ0n) is 14.0. The standard InChI is InChI=1S/C17H20N4O3S/c1-20-4-6-21(7-5-20)17-19-13-3-2-12(10-15(13)25-17)18-16(22)14-11-23-8-9-24-14/h2-3,10-11H,4-9H2,1H3,(H,18,22). The molecule has 1 aromatic carbocycles. The third-order valence-corrected chi connectivity index (χ3v) is 5.36. The van der Waals surface area contributed by atoms with Gasteiger partial charge in [0.2, 0.25) is 5.76 Å².